The molecule has 28 heavy (non-hydrogen) atoms. The maximum absolute atomic E-state index is 11.1. The van der Waals surface area contributed by atoms with E-state index in [0.717, 1.165) is 39.1 Å². The van der Waals surface area contributed by atoms with Gasteiger partial charge in [0.25, 0.3) is 0 Å². The van der Waals surface area contributed by atoms with Crippen molar-refractivity contribution in [2.45, 2.75) is 13.1 Å². The minimum Gasteiger partial charge on any atom is -0.465 e. The molecule has 0 atom stereocenters. The monoisotopic (exact) mass is 390 g/mol. The van der Waals surface area contributed by atoms with Crippen molar-refractivity contribution in [1.29, 1.82) is 0 Å². The Morgan fingerprint density at radius 2 is 1.86 bits per heavy atom. The van der Waals surface area contributed by atoms with Crippen LogP contribution in [0.25, 0.3) is 27.8 Å². The van der Waals surface area contributed by atoms with Crippen molar-refractivity contribution in [2.24, 2.45) is 0 Å². The van der Waals surface area contributed by atoms with Gasteiger partial charge in [0, 0.05) is 22.7 Å². The van der Waals surface area contributed by atoms with Crippen molar-refractivity contribution in [3.63, 3.8) is 0 Å². The van der Waals surface area contributed by atoms with E-state index in [1.54, 1.807) is 4.68 Å². The van der Waals surface area contributed by atoms with Crippen molar-refractivity contribution in [3.8, 4) is 16.9 Å². The second-order valence-electron chi connectivity index (χ2n) is 6.74. The smallest absolute Gasteiger partial charge is 0.407 e. The highest BCUT2D eigenvalue weighted by Crippen LogP contribution is 2.29. The second kappa shape index (κ2) is 6.35. The SMILES string of the molecule is O=C(O)N1Cc2cn(-c3ccc(-c4cc(Cl)c5ccccc5n4)cc3)nc2C1. The number of aromatic nitrogens is 3. The molecule has 0 unspecified atom stereocenters. The average Bonchev–Trinajstić information content (AvgIpc) is 3.28. The Balaban J connectivity index is 1.44. The van der Waals surface area contributed by atoms with Crippen molar-refractivity contribution in [3.05, 3.63) is 77.1 Å². The zero-order valence-electron chi connectivity index (χ0n) is 14.7. The molecule has 1 aliphatic heterocycles. The van der Waals surface area contributed by atoms with Crippen LogP contribution in [0.2, 0.25) is 5.02 Å². The van der Waals surface area contributed by atoms with Gasteiger partial charge < -0.3 is 5.11 Å². The largest absolute Gasteiger partial charge is 0.465 e. The maximum Gasteiger partial charge on any atom is 0.407 e. The van der Waals surface area contributed by atoms with Crippen LogP contribution in [0.5, 0.6) is 0 Å². The van der Waals surface area contributed by atoms with Gasteiger partial charge >= 0.3 is 6.09 Å². The fourth-order valence-electron chi connectivity index (χ4n) is 3.49. The molecule has 6 nitrogen and oxygen atoms in total. The summed E-state index contributed by atoms with van der Waals surface area (Å²) in [6.45, 7) is 0.706. The lowest BCUT2D eigenvalue weighted by Gasteiger charge is -2.10. The van der Waals surface area contributed by atoms with E-state index in [1.807, 2.05) is 60.8 Å². The summed E-state index contributed by atoms with van der Waals surface area (Å²) >= 11 is 6.42. The van der Waals surface area contributed by atoms with Gasteiger partial charge in [-0.25, -0.2) is 14.5 Å². The van der Waals surface area contributed by atoms with Crippen LogP contribution >= 0.6 is 11.6 Å². The number of pyridine rings is 1. The van der Waals surface area contributed by atoms with Crippen molar-refractivity contribution >= 4 is 28.6 Å². The molecule has 5 rings (SSSR count). The van der Waals surface area contributed by atoms with Gasteiger partial charge in [-0.1, -0.05) is 41.9 Å². The lowest BCUT2D eigenvalue weighted by Crippen LogP contribution is -2.23. The fourth-order valence-corrected chi connectivity index (χ4v) is 3.75. The van der Waals surface area contributed by atoms with Gasteiger partial charge in [0.1, 0.15) is 0 Å². The highest BCUT2D eigenvalue weighted by atomic mass is 35.5. The molecule has 0 saturated carbocycles. The molecule has 1 N–H and O–H groups in total. The summed E-state index contributed by atoms with van der Waals surface area (Å²) in [5, 5.41) is 15.2. The highest BCUT2D eigenvalue weighted by molar-refractivity contribution is 6.35. The second-order valence-corrected chi connectivity index (χ2v) is 7.14. The van der Waals surface area contributed by atoms with Crippen molar-refractivity contribution in [2.75, 3.05) is 0 Å². The lowest BCUT2D eigenvalue weighted by molar-refractivity contribution is 0.144. The van der Waals surface area contributed by atoms with E-state index >= 15 is 0 Å². The van der Waals surface area contributed by atoms with Gasteiger partial charge in [-0.3, -0.25) is 4.90 Å². The molecule has 4 aromatic rings. The molecule has 0 aliphatic carbocycles. The first-order valence-electron chi connectivity index (χ1n) is 8.80. The Labute approximate surface area is 165 Å². The first-order chi connectivity index (χ1) is 13.6. The number of hydrogen-bond acceptors (Lipinski definition) is 3. The molecule has 0 saturated heterocycles. The number of carboxylic acid groups (broad SMARTS) is 1. The van der Waals surface area contributed by atoms with Crippen LogP contribution in [0.3, 0.4) is 0 Å². The Morgan fingerprint density at radius 1 is 1.07 bits per heavy atom. The average molecular weight is 391 g/mol. The Morgan fingerprint density at radius 3 is 2.61 bits per heavy atom. The first-order valence-corrected chi connectivity index (χ1v) is 9.18. The van der Waals surface area contributed by atoms with Crippen LogP contribution in [0.4, 0.5) is 4.79 Å². The maximum atomic E-state index is 11.1. The molecular weight excluding hydrogens is 376 g/mol. The molecule has 0 bridgehead atoms. The molecule has 2 aromatic heterocycles. The summed E-state index contributed by atoms with van der Waals surface area (Å²) in [6, 6.07) is 17.6. The molecule has 0 spiro atoms. The minimum absolute atomic E-state index is 0.329. The number of halogens is 1. The summed E-state index contributed by atoms with van der Waals surface area (Å²) in [5.41, 5.74) is 5.29. The predicted molar refractivity (Wildman–Crippen MR) is 107 cm³/mol. The van der Waals surface area contributed by atoms with E-state index in [1.165, 1.54) is 4.90 Å². The number of fused-ring (bicyclic) bond motifs is 2. The summed E-state index contributed by atoms with van der Waals surface area (Å²) in [4.78, 5) is 17.1. The highest BCUT2D eigenvalue weighted by Gasteiger charge is 2.26. The van der Waals surface area contributed by atoms with Gasteiger partial charge in [-0.15, -0.1) is 0 Å². The normalized spacial score (nSPS) is 13.1. The Kier molecular flexibility index (Phi) is 3.80. The van der Waals surface area contributed by atoms with Crippen LogP contribution in [0.15, 0.2) is 60.8 Å². The third-order valence-electron chi connectivity index (χ3n) is 4.94. The third kappa shape index (κ3) is 2.78. The van der Waals surface area contributed by atoms with Gasteiger partial charge in [0.15, 0.2) is 0 Å². The molecule has 0 radical (unpaired) electrons. The number of hydrogen-bond donors (Lipinski definition) is 1. The lowest BCUT2D eigenvalue weighted by atomic mass is 10.1. The van der Waals surface area contributed by atoms with E-state index in [2.05, 4.69) is 5.10 Å². The van der Waals surface area contributed by atoms with Gasteiger partial charge in [0.05, 0.1) is 40.7 Å². The number of benzene rings is 2. The third-order valence-corrected chi connectivity index (χ3v) is 5.26. The van der Waals surface area contributed by atoms with Crippen molar-refractivity contribution in [1.82, 2.24) is 19.7 Å². The van der Waals surface area contributed by atoms with Crippen LogP contribution in [0, 0.1) is 0 Å². The molecule has 7 heteroatoms. The minimum atomic E-state index is -0.921. The number of rotatable bonds is 2. The van der Waals surface area contributed by atoms with Gasteiger partial charge in [-0.05, 0) is 24.3 Å². The standard InChI is InChI=1S/C21H15ClN4O2/c22-17-9-19(23-18-4-2-1-3-16(17)18)13-5-7-15(8-6-13)26-11-14-10-25(21(27)28)12-20(14)24-26/h1-9,11H,10,12H2,(H,27,28). The quantitative estimate of drug-likeness (QED) is 0.537. The summed E-state index contributed by atoms with van der Waals surface area (Å²) in [6.07, 6.45) is 0.966. The van der Waals surface area contributed by atoms with Crippen molar-refractivity contribution < 1.29 is 9.90 Å². The first kappa shape index (κ1) is 16.8. The number of nitrogens with zero attached hydrogens (tertiary/aromatic N) is 4. The number of carbonyl (C=O) groups is 1. The Bertz CT molecular complexity index is 1190. The molecule has 1 amide bonds. The molecular formula is C21H15ClN4O2. The zero-order chi connectivity index (χ0) is 19.3. The zero-order valence-corrected chi connectivity index (χ0v) is 15.5. The molecule has 138 valence electrons. The number of para-hydroxylation sites is 1. The number of amides is 1. The molecule has 1 aliphatic rings. The Hall–Kier alpha value is -3.38. The van der Waals surface area contributed by atoms with Gasteiger partial charge in [0.2, 0.25) is 0 Å². The van der Waals surface area contributed by atoms with Gasteiger partial charge in [-0.2, -0.15) is 5.10 Å². The van der Waals surface area contributed by atoms with E-state index in [9.17, 15) is 4.79 Å². The van der Waals surface area contributed by atoms with Crippen LogP contribution in [-0.4, -0.2) is 30.9 Å². The molecule has 2 aromatic carbocycles. The molecule has 3 heterocycles. The molecule has 0 fully saturated rings. The van der Waals surface area contributed by atoms with E-state index in [-0.39, 0.29) is 0 Å². The summed E-state index contributed by atoms with van der Waals surface area (Å²) < 4.78 is 1.79. The predicted octanol–water partition coefficient (Wildman–Crippen LogP) is 4.73. The van der Waals surface area contributed by atoms with E-state index in [0.29, 0.717) is 18.1 Å². The van der Waals surface area contributed by atoms with E-state index < -0.39 is 6.09 Å². The summed E-state index contributed by atoms with van der Waals surface area (Å²) in [7, 11) is 0. The van der Waals surface area contributed by atoms with Crippen LogP contribution in [0.1, 0.15) is 11.3 Å². The van der Waals surface area contributed by atoms with E-state index in [4.69, 9.17) is 21.7 Å². The topological polar surface area (TPSA) is 71.2 Å². The fraction of sp³-hybridized carbons (Fsp3) is 0.0952. The van der Waals surface area contributed by atoms with Crippen LogP contribution < -0.4 is 0 Å². The summed E-state index contributed by atoms with van der Waals surface area (Å²) in [5.74, 6) is 0. The van der Waals surface area contributed by atoms with Crippen LogP contribution in [-0.2, 0) is 13.1 Å².